The fraction of sp³-hybridized carbons (Fsp3) is 0.231. The molecule has 1 aliphatic heterocycles. The van der Waals surface area contributed by atoms with Gasteiger partial charge in [0.2, 0.25) is 5.75 Å². The Kier molecular flexibility index (Phi) is 6.96. The zero-order valence-corrected chi connectivity index (χ0v) is 20.0. The van der Waals surface area contributed by atoms with E-state index in [0.29, 0.717) is 40.9 Å². The summed E-state index contributed by atoms with van der Waals surface area (Å²) in [7, 11) is 4.42. The van der Waals surface area contributed by atoms with Crippen LogP contribution in [0.25, 0.3) is 0 Å². The standard InChI is InChI=1S/C26H27N3O6/c1-5-35-18-12-10-16(11-13-18)24-27-20-9-7-6-8-19(20)26(31)29(24)28-25(30)17-14-21(32-2)23(34-4)22(15-17)33-3/h6-15,24,27H,5H2,1-4H3,(H,28,30)/t24-/m1/s1. The molecule has 0 spiro atoms. The number of carbonyl (C=O) groups is 2. The van der Waals surface area contributed by atoms with Gasteiger partial charge in [0.15, 0.2) is 11.5 Å². The van der Waals surface area contributed by atoms with Gasteiger partial charge in [-0.05, 0) is 48.9 Å². The number of carbonyl (C=O) groups excluding carboxylic acids is 2. The molecule has 1 heterocycles. The molecule has 35 heavy (non-hydrogen) atoms. The van der Waals surface area contributed by atoms with Crippen LogP contribution in [0.15, 0.2) is 60.7 Å². The van der Waals surface area contributed by atoms with E-state index in [1.165, 1.54) is 38.5 Å². The third-order valence-electron chi connectivity index (χ3n) is 5.58. The van der Waals surface area contributed by atoms with E-state index in [9.17, 15) is 9.59 Å². The molecule has 0 aromatic heterocycles. The molecule has 3 aromatic rings. The summed E-state index contributed by atoms with van der Waals surface area (Å²) in [4.78, 5) is 26.8. The molecule has 9 heteroatoms. The quantitative estimate of drug-likeness (QED) is 0.506. The number of nitrogens with zero attached hydrogens (tertiary/aromatic N) is 1. The van der Waals surface area contributed by atoms with Gasteiger partial charge in [-0.2, -0.15) is 0 Å². The van der Waals surface area contributed by atoms with Gasteiger partial charge in [-0.3, -0.25) is 15.0 Å². The first kappa shape index (κ1) is 23.7. The molecule has 4 rings (SSSR count). The fourth-order valence-corrected chi connectivity index (χ4v) is 3.90. The van der Waals surface area contributed by atoms with Gasteiger partial charge in [0, 0.05) is 11.3 Å². The first-order chi connectivity index (χ1) is 17.0. The molecule has 0 saturated heterocycles. The number of hydrogen-bond acceptors (Lipinski definition) is 7. The number of para-hydroxylation sites is 1. The smallest absolute Gasteiger partial charge is 0.276 e. The van der Waals surface area contributed by atoms with Gasteiger partial charge in [-0.15, -0.1) is 0 Å². The molecule has 9 nitrogen and oxygen atoms in total. The van der Waals surface area contributed by atoms with E-state index >= 15 is 0 Å². The molecule has 0 unspecified atom stereocenters. The van der Waals surface area contributed by atoms with Crippen molar-refractivity contribution in [3.05, 3.63) is 77.4 Å². The van der Waals surface area contributed by atoms with E-state index in [1.807, 2.05) is 43.3 Å². The Morgan fingerprint density at radius 1 is 0.971 bits per heavy atom. The van der Waals surface area contributed by atoms with Crippen LogP contribution < -0.4 is 29.7 Å². The van der Waals surface area contributed by atoms with Crippen molar-refractivity contribution in [2.24, 2.45) is 0 Å². The van der Waals surface area contributed by atoms with Crippen molar-refractivity contribution in [3.8, 4) is 23.0 Å². The summed E-state index contributed by atoms with van der Waals surface area (Å²) in [5, 5.41) is 4.63. The number of benzene rings is 3. The lowest BCUT2D eigenvalue weighted by molar-refractivity contribution is 0.0490. The zero-order chi connectivity index (χ0) is 24.9. The van der Waals surface area contributed by atoms with Crippen molar-refractivity contribution >= 4 is 17.5 Å². The fourth-order valence-electron chi connectivity index (χ4n) is 3.90. The summed E-state index contributed by atoms with van der Waals surface area (Å²) in [5.41, 5.74) is 4.87. The molecule has 1 atom stereocenters. The second-order valence-electron chi connectivity index (χ2n) is 7.62. The van der Waals surface area contributed by atoms with E-state index < -0.39 is 12.1 Å². The van der Waals surface area contributed by atoms with Crippen molar-refractivity contribution in [2.45, 2.75) is 13.1 Å². The molecule has 182 valence electrons. The first-order valence-electron chi connectivity index (χ1n) is 11.0. The van der Waals surface area contributed by atoms with Gasteiger partial charge >= 0.3 is 0 Å². The van der Waals surface area contributed by atoms with Gasteiger partial charge in [0.25, 0.3) is 11.8 Å². The Bertz CT molecular complexity index is 1200. The molecule has 0 saturated carbocycles. The summed E-state index contributed by atoms with van der Waals surface area (Å²) >= 11 is 0. The second-order valence-corrected chi connectivity index (χ2v) is 7.62. The molecule has 2 amide bonds. The van der Waals surface area contributed by atoms with Crippen LogP contribution in [0.1, 0.15) is 39.4 Å². The highest BCUT2D eigenvalue weighted by Crippen LogP contribution is 2.38. The number of hydrogen-bond donors (Lipinski definition) is 2. The van der Waals surface area contributed by atoms with Crippen molar-refractivity contribution in [1.82, 2.24) is 10.4 Å². The minimum absolute atomic E-state index is 0.233. The van der Waals surface area contributed by atoms with E-state index in [0.717, 1.165) is 5.56 Å². The normalized spacial score (nSPS) is 14.5. The highest BCUT2D eigenvalue weighted by Gasteiger charge is 2.34. The zero-order valence-electron chi connectivity index (χ0n) is 20.0. The summed E-state index contributed by atoms with van der Waals surface area (Å²) in [5.74, 6) is 0.867. The minimum atomic E-state index is -0.654. The maximum atomic E-state index is 13.5. The Hall–Kier alpha value is -4.40. The molecule has 0 aliphatic carbocycles. The molecular formula is C26H27N3O6. The molecule has 0 radical (unpaired) electrons. The van der Waals surface area contributed by atoms with E-state index in [1.54, 1.807) is 12.1 Å². The van der Waals surface area contributed by atoms with Crippen LogP contribution in [0, 0.1) is 0 Å². The lowest BCUT2D eigenvalue weighted by Gasteiger charge is -2.37. The highest BCUT2D eigenvalue weighted by atomic mass is 16.5. The van der Waals surface area contributed by atoms with E-state index in [4.69, 9.17) is 18.9 Å². The Labute approximate surface area is 203 Å². The average Bonchev–Trinajstić information content (AvgIpc) is 2.89. The number of amides is 2. The van der Waals surface area contributed by atoms with Crippen LogP contribution in [-0.4, -0.2) is 44.8 Å². The maximum absolute atomic E-state index is 13.5. The number of methoxy groups -OCH3 is 3. The van der Waals surface area contributed by atoms with Crippen molar-refractivity contribution in [2.75, 3.05) is 33.3 Å². The molecule has 0 fully saturated rings. The maximum Gasteiger partial charge on any atom is 0.276 e. The first-order valence-corrected chi connectivity index (χ1v) is 11.0. The van der Waals surface area contributed by atoms with Crippen molar-refractivity contribution < 1.29 is 28.5 Å². The van der Waals surface area contributed by atoms with Crippen molar-refractivity contribution in [1.29, 1.82) is 0 Å². The number of rotatable bonds is 8. The van der Waals surface area contributed by atoms with E-state index in [2.05, 4.69) is 10.7 Å². The third-order valence-corrected chi connectivity index (χ3v) is 5.58. The average molecular weight is 478 g/mol. The molecule has 0 bridgehead atoms. The second kappa shape index (κ2) is 10.3. The highest BCUT2D eigenvalue weighted by molar-refractivity contribution is 6.04. The summed E-state index contributed by atoms with van der Waals surface area (Å²) in [6.45, 7) is 2.45. The topological polar surface area (TPSA) is 98.4 Å². The van der Waals surface area contributed by atoms with Gasteiger partial charge in [-0.1, -0.05) is 24.3 Å². The van der Waals surface area contributed by atoms with Crippen LogP contribution in [0.4, 0.5) is 5.69 Å². The summed E-state index contributed by atoms with van der Waals surface area (Å²) in [6.07, 6.45) is -0.654. The third kappa shape index (κ3) is 4.65. The Morgan fingerprint density at radius 3 is 2.23 bits per heavy atom. The number of nitrogens with one attached hydrogen (secondary N) is 2. The van der Waals surface area contributed by atoms with E-state index in [-0.39, 0.29) is 11.5 Å². The van der Waals surface area contributed by atoms with Crippen LogP contribution in [0.2, 0.25) is 0 Å². The molecular weight excluding hydrogens is 450 g/mol. The largest absolute Gasteiger partial charge is 0.494 e. The Balaban J connectivity index is 1.70. The molecule has 1 aliphatic rings. The summed E-state index contributed by atoms with van der Waals surface area (Å²) < 4.78 is 21.6. The number of ether oxygens (including phenoxy) is 4. The predicted octanol–water partition coefficient (Wildman–Crippen LogP) is 4.02. The van der Waals surface area contributed by atoms with Gasteiger partial charge in [0.1, 0.15) is 11.9 Å². The minimum Gasteiger partial charge on any atom is -0.494 e. The van der Waals surface area contributed by atoms with Gasteiger partial charge in [-0.25, -0.2) is 5.01 Å². The van der Waals surface area contributed by atoms with Crippen molar-refractivity contribution in [3.63, 3.8) is 0 Å². The monoisotopic (exact) mass is 477 g/mol. The molecule has 3 aromatic carbocycles. The van der Waals surface area contributed by atoms with Crippen LogP contribution >= 0.6 is 0 Å². The van der Waals surface area contributed by atoms with Gasteiger partial charge in [0.05, 0.1) is 33.5 Å². The molecule has 2 N–H and O–H groups in total. The van der Waals surface area contributed by atoms with Crippen LogP contribution in [0.3, 0.4) is 0 Å². The van der Waals surface area contributed by atoms with Gasteiger partial charge < -0.3 is 24.3 Å². The predicted molar refractivity (Wildman–Crippen MR) is 130 cm³/mol. The lowest BCUT2D eigenvalue weighted by atomic mass is 10.0. The number of fused-ring (bicyclic) bond motifs is 1. The Morgan fingerprint density at radius 2 is 1.63 bits per heavy atom. The number of hydrazine groups is 1. The summed E-state index contributed by atoms with van der Waals surface area (Å²) in [6, 6.07) is 17.6. The lowest BCUT2D eigenvalue weighted by Crippen LogP contribution is -2.52. The van der Waals surface area contributed by atoms with Crippen LogP contribution in [-0.2, 0) is 0 Å². The van der Waals surface area contributed by atoms with Crippen LogP contribution in [0.5, 0.6) is 23.0 Å². The number of anilines is 1. The SMILES string of the molecule is CCOc1ccc([C@@H]2Nc3ccccc3C(=O)N2NC(=O)c2cc(OC)c(OC)c(OC)c2)cc1.